The summed E-state index contributed by atoms with van der Waals surface area (Å²) in [5.41, 5.74) is 1.32. The molecule has 0 unspecified atom stereocenters. The van der Waals surface area contributed by atoms with Gasteiger partial charge in [0.25, 0.3) is 0 Å². The van der Waals surface area contributed by atoms with Gasteiger partial charge in [0.15, 0.2) is 0 Å². The lowest BCUT2D eigenvalue weighted by atomic mass is 9.92. The van der Waals surface area contributed by atoms with Crippen molar-refractivity contribution in [3.05, 3.63) is 16.1 Å². The molecule has 1 saturated heterocycles. The fourth-order valence-corrected chi connectivity index (χ4v) is 4.02. The van der Waals surface area contributed by atoms with Gasteiger partial charge >= 0.3 is 0 Å². The van der Waals surface area contributed by atoms with Crippen LogP contribution in [-0.2, 0) is 16.6 Å². The molecule has 0 aromatic carbocycles. The van der Waals surface area contributed by atoms with Crippen LogP contribution in [0.2, 0.25) is 0 Å². The van der Waals surface area contributed by atoms with Gasteiger partial charge in [0.05, 0.1) is 10.7 Å². The van der Waals surface area contributed by atoms with Gasteiger partial charge in [-0.3, -0.25) is 4.79 Å². The molecule has 1 aromatic heterocycles. The summed E-state index contributed by atoms with van der Waals surface area (Å²) in [5.74, 6) is 3.52. The molecule has 0 N–H and O–H groups in total. The maximum absolute atomic E-state index is 12.1. The Bertz CT molecular complexity index is 557. The average molecular weight is 333 g/mol. The largest absolute Gasteiger partial charge is 0.343 e. The number of terminal acetylenes is 1. The first-order valence-corrected chi connectivity index (χ1v) is 9.44. The number of carbonyl (C=O) groups excluding carboxylic acids is 1. The highest BCUT2D eigenvalue weighted by Crippen LogP contribution is 2.28. The van der Waals surface area contributed by atoms with E-state index in [0.717, 1.165) is 38.8 Å². The number of piperidine rings is 1. The minimum absolute atomic E-state index is 0.128. The predicted octanol–water partition coefficient (Wildman–Crippen LogP) is 4.03. The lowest BCUT2D eigenvalue weighted by Crippen LogP contribution is -2.38. The first kappa shape index (κ1) is 18.0. The number of unbranched alkanes of at least 4 members (excludes halogenated alkanes) is 1. The van der Waals surface area contributed by atoms with Crippen LogP contribution in [0.25, 0.3) is 0 Å². The number of hydrogen-bond acceptors (Lipinski definition) is 3. The fraction of sp³-hybridized carbons (Fsp3) is 0.684. The molecule has 1 amide bonds. The molecule has 0 aliphatic carbocycles. The third-order valence-corrected chi connectivity index (χ3v) is 5.33. The van der Waals surface area contributed by atoms with Gasteiger partial charge in [-0.25, -0.2) is 4.98 Å². The van der Waals surface area contributed by atoms with Gasteiger partial charge in [0.1, 0.15) is 0 Å². The second kappa shape index (κ2) is 7.97. The third-order valence-electron chi connectivity index (χ3n) is 4.46. The highest BCUT2D eigenvalue weighted by Gasteiger charge is 2.24. The molecule has 1 aliphatic rings. The number of likely N-dealkylation sites (tertiary alicyclic amines) is 1. The summed E-state index contributed by atoms with van der Waals surface area (Å²) >= 11 is 1.78. The highest BCUT2D eigenvalue weighted by atomic mass is 32.1. The molecule has 0 saturated carbocycles. The van der Waals surface area contributed by atoms with Gasteiger partial charge in [-0.15, -0.1) is 23.7 Å². The number of aromatic nitrogens is 1. The minimum Gasteiger partial charge on any atom is -0.343 e. The second-order valence-corrected chi connectivity index (χ2v) is 8.41. The highest BCUT2D eigenvalue weighted by molar-refractivity contribution is 7.09. The topological polar surface area (TPSA) is 33.2 Å². The summed E-state index contributed by atoms with van der Waals surface area (Å²) in [6.07, 6.45) is 10.6. The molecule has 126 valence electrons. The number of amides is 1. The van der Waals surface area contributed by atoms with Crippen LogP contribution in [0.15, 0.2) is 5.38 Å². The summed E-state index contributed by atoms with van der Waals surface area (Å²) < 4.78 is 0. The number of carbonyl (C=O) groups is 1. The maximum Gasteiger partial charge on any atom is 0.222 e. The van der Waals surface area contributed by atoms with Crippen molar-refractivity contribution in [1.82, 2.24) is 9.88 Å². The smallest absolute Gasteiger partial charge is 0.222 e. The van der Waals surface area contributed by atoms with E-state index in [1.807, 2.05) is 4.90 Å². The van der Waals surface area contributed by atoms with E-state index >= 15 is 0 Å². The van der Waals surface area contributed by atoms with E-state index in [2.05, 4.69) is 32.1 Å². The van der Waals surface area contributed by atoms with Gasteiger partial charge in [0.2, 0.25) is 5.91 Å². The normalized spacial score (nSPS) is 16.3. The van der Waals surface area contributed by atoms with Crippen LogP contribution in [-0.4, -0.2) is 28.9 Å². The van der Waals surface area contributed by atoms with Crippen LogP contribution in [0.3, 0.4) is 0 Å². The van der Waals surface area contributed by atoms with Gasteiger partial charge in [-0.2, -0.15) is 0 Å². The van der Waals surface area contributed by atoms with Crippen LogP contribution in [0, 0.1) is 18.3 Å². The minimum atomic E-state index is 0.128. The van der Waals surface area contributed by atoms with Crippen molar-refractivity contribution in [2.24, 2.45) is 5.92 Å². The van der Waals surface area contributed by atoms with Crippen LogP contribution in [0.5, 0.6) is 0 Å². The average Bonchev–Trinajstić information content (AvgIpc) is 2.97. The van der Waals surface area contributed by atoms with E-state index < -0.39 is 0 Å². The Hall–Kier alpha value is -1.34. The Labute approximate surface area is 144 Å². The van der Waals surface area contributed by atoms with Gasteiger partial charge in [0, 0.05) is 43.1 Å². The Morgan fingerprint density at radius 1 is 1.43 bits per heavy atom. The van der Waals surface area contributed by atoms with E-state index in [0.29, 0.717) is 18.8 Å². The number of thiazole rings is 1. The summed E-state index contributed by atoms with van der Waals surface area (Å²) in [6.45, 7) is 8.39. The maximum atomic E-state index is 12.1. The molecular weight excluding hydrogens is 304 g/mol. The predicted molar refractivity (Wildman–Crippen MR) is 96.5 cm³/mol. The number of hydrogen-bond donors (Lipinski definition) is 0. The zero-order chi connectivity index (χ0) is 16.9. The quantitative estimate of drug-likeness (QED) is 0.602. The van der Waals surface area contributed by atoms with Crippen LogP contribution >= 0.6 is 11.3 Å². The molecule has 4 heteroatoms. The van der Waals surface area contributed by atoms with Crippen molar-refractivity contribution in [2.75, 3.05) is 13.1 Å². The fourth-order valence-electron chi connectivity index (χ4n) is 2.88. The summed E-state index contributed by atoms with van der Waals surface area (Å²) in [6, 6.07) is 0. The van der Waals surface area contributed by atoms with E-state index in [9.17, 15) is 4.79 Å². The molecule has 23 heavy (non-hydrogen) atoms. The van der Waals surface area contributed by atoms with E-state index in [1.165, 1.54) is 10.7 Å². The number of nitrogens with zero attached hydrogens (tertiary/aromatic N) is 2. The van der Waals surface area contributed by atoms with E-state index in [4.69, 9.17) is 11.4 Å². The van der Waals surface area contributed by atoms with Crippen molar-refractivity contribution in [2.45, 2.75) is 64.7 Å². The third kappa shape index (κ3) is 5.35. The Balaban J connectivity index is 1.77. The first-order valence-electron chi connectivity index (χ1n) is 8.56. The van der Waals surface area contributed by atoms with Crippen LogP contribution < -0.4 is 0 Å². The van der Waals surface area contributed by atoms with Crippen molar-refractivity contribution in [3.8, 4) is 12.3 Å². The van der Waals surface area contributed by atoms with Crippen molar-refractivity contribution in [1.29, 1.82) is 0 Å². The molecule has 0 spiro atoms. The summed E-state index contributed by atoms with van der Waals surface area (Å²) in [5, 5.41) is 3.44. The Kier molecular flexibility index (Phi) is 6.24. The SMILES string of the molecule is C#CCCCC(=O)N1CCC(Cc2nc(C(C)(C)C)cs2)CC1. The second-order valence-electron chi connectivity index (χ2n) is 7.46. The standard InChI is InChI=1S/C19H28N2OS/c1-5-6-7-8-18(22)21-11-9-15(10-12-21)13-17-20-16(14-23-17)19(2,3)4/h1,14-15H,6-13H2,2-4H3. The molecule has 1 aliphatic heterocycles. The Morgan fingerprint density at radius 3 is 2.70 bits per heavy atom. The van der Waals surface area contributed by atoms with Gasteiger partial charge in [-0.1, -0.05) is 20.8 Å². The molecule has 0 atom stereocenters. The first-order chi connectivity index (χ1) is 10.9. The molecule has 1 aromatic rings. The molecule has 2 heterocycles. The summed E-state index contributed by atoms with van der Waals surface area (Å²) in [4.78, 5) is 18.9. The van der Waals surface area contributed by atoms with Gasteiger partial charge < -0.3 is 4.90 Å². The zero-order valence-electron chi connectivity index (χ0n) is 14.6. The van der Waals surface area contributed by atoms with Crippen molar-refractivity contribution < 1.29 is 4.79 Å². The van der Waals surface area contributed by atoms with Gasteiger partial charge in [-0.05, 0) is 25.2 Å². The van der Waals surface area contributed by atoms with Crippen LogP contribution in [0.4, 0.5) is 0 Å². The number of rotatable bonds is 5. The molecule has 1 fully saturated rings. The molecule has 0 radical (unpaired) electrons. The molecule has 3 nitrogen and oxygen atoms in total. The lowest BCUT2D eigenvalue weighted by Gasteiger charge is -2.31. The zero-order valence-corrected chi connectivity index (χ0v) is 15.4. The van der Waals surface area contributed by atoms with E-state index in [-0.39, 0.29) is 11.3 Å². The van der Waals surface area contributed by atoms with Crippen molar-refractivity contribution >= 4 is 17.2 Å². The monoisotopic (exact) mass is 332 g/mol. The van der Waals surface area contributed by atoms with E-state index in [1.54, 1.807) is 11.3 Å². The molecule has 0 bridgehead atoms. The van der Waals surface area contributed by atoms with Crippen molar-refractivity contribution in [3.63, 3.8) is 0 Å². The molecular formula is C19H28N2OS. The molecule has 2 rings (SSSR count). The Morgan fingerprint density at radius 2 is 2.13 bits per heavy atom. The lowest BCUT2D eigenvalue weighted by molar-refractivity contribution is -0.132. The summed E-state index contributed by atoms with van der Waals surface area (Å²) in [7, 11) is 0. The van der Waals surface area contributed by atoms with Crippen LogP contribution in [0.1, 0.15) is 63.6 Å².